The number of Topliss-reactive ketones (excluding diaryl/α,β-unsaturated/α-hetero) is 1. The Hall–Kier alpha value is -2.26. The van der Waals surface area contributed by atoms with E-state index in [4.69, 9.17) is 4.74 Å². The Kier molecular flexibility index (Phi) is 10.7. The standard InChI is InChI=1S/C15H17O2S.C4F9O6S3/c1-17-15-9-8-12(14(16)10-18(2)3)11-6-4-5-7-13(11)15;5-2(6,7)20(14,15)1(21(16,17)3(8,9)10)22(18,19)4(11,12)13/h4-9H,10H2,1-3H3;/q+1;-1. The number of alkyl halides is 9. The number of fused-ring (bicyclic) bond motifs is 1. The van der Waals surface area contributed by atoms with Crippen molar-refractivity contribution in [3.05, 3.63) is 45.9 Å². The third kappa shape index (κ3) is 7.32. The molecule has 0 aliphatic heterocycles. The summed E-state index contributed by atoms with van der Waals surface area (Å²) in [6.45, 7) is 0. The van der Waals surface area contributed by atoms with E-state index in [1.165, 1.54) is 0 Å². The molecule has 2 rings (SSSR count). The van der Waals surface area contributed by atoms with Crippen molar-refractivity contribution in [2.75, 3.05) is 25.4 Å². The number of benzene rings is 2. The Bertz CT molecular complexity index is 1450. The van der Waals surface area contributed by atoms with E-state index in [0.29, 0.717) is 5.75 Å². The van der Waals surface area contributed by atoms with Crippen molar-refractivity contribution in [3.63, 3.8) is 0 Å². The lowest BCUT2D eigenvalue weighted by molar-refractivity contribution is -0.0471. The molecule has 0 atom stereocenters. The third-order valence-electron chi connectivity index (χ3n) is 4.40. The van der Waals surface area contributed by atoms with Crippen LogP contribution in [0.25, 0.3) is 10.8 Å². The number of ether oxygens (including phenoxy) is 1. The monoisotopic (exact) mass is 672 g/mol. The van der Waals surface area contributed by atoms with E-state index < -0.39 is 50.0 Å². The Morgan fingerprint density at radius 2 is 1.10 bits per heavy atom. The molecular weight excluding hydrogens is 655 g/mol. The Morgan fingerprint density at radius 3 is 1.43 bits per heavy atom. The van der Waals surface area contributed by atoms with Crippen molar-refractivity contribution in [1.29, 1.82) is 0 Å². The van der Waals surface area contributed by atoms with E-state index in [1.807, 2.05) is 36.4 Å². The van der Waals surface area contributed by atoms with Gasteiger partial charge in [0.2, 0.25) is 5.78 Å². The van der Waals surface area contributed by atoms with Crippen LogP contribution in [0, 0.1) is 3.91 Å². The van der Waals surface area contributed by atoms with Gasteiger partial charge in [-0.1, -0.05) is 24.3 Å². The molecule has 0 amide bonds. The molecule has 0 unspecified atom stereocenters. The molecule has 228 valence electrons. The summed E-state index contributed by atoms with van der Waals surface area (Å²) in [5.41, 5.74) is -20.4. The molecule has 0 saturated carbocycles. The summed E-state index contributed by atoms with van der Waals surface area (Å²) in [4.78, 5) is 12.2. The van der Waals surface area contributed by atoms with Crippen LogP contribution < -0.4 is 4.74 Å². The Morgan fingerprint density at radius 1 is 0.725 bits per heavy atom. The summed E-state index contributed by atoms with van der Waals surface area (Å²) >= 11 is 0. The fourth-order valence-electron chi connectivity index (χ4n) is 2.75. The van der Waals surface area contributed by atoms with Gasteiger partial charge in [-0.2, -0.15) is 39.5 Å². The third-order valence-corrected chi connectivity index (χ3v) is 12.3. The average molecular weight is 673 g/mol. The van der Waals surface area contributed by atoms with Gasteiger partial charge in [0.25, 0.3) is 0 Å². The van der Waals surface area contributed by atoms with E-state index in [9.17, 15) is 69.6 Å². The van der Waals surface area contributed by atoms with Crippen LogP contribution in [0.15, 0.2) is 36.4 Å². The first-order chi connectivity index (χ1) is 17.7. The molecule has 0 aromatic heterocycles. The molecule has 8 nitrogen and oxygen atoms in total. The zero-order chi connectivity index (χ0) is 31.7. The molecular formula is C19H17F9O8S4. The van der Waals surface area contributed by atoms with Crippen LogP contribution in [0.3, 0.4) is 0 Å². The maximum Gasteiger partial charge on any atom is 0.470 e. The van der Waals surface area contributed by atoms with Gasteiger partial charge in [0.15, 0.2) is 35.3 Å². The maximum absolute atomic E-state index is 12.2. The van der Waals surface area contributed by atoms with Crippen LogP contribution in [0.2, 0.25) is 0 Å². The number of halogens is 9. The maximum atomic E-state index is 12.2. The highest BCUT2D eigenvalue weighted by molar-refractivity contribution is 8.29. The highest BCUT2D eigenvalue weighted by Gasteiger charge is 2.63. The van der Waals surface area contributed by atoms with Crippen LogP contribution in [0.5, 0.6) is 5.75 Å². The van der Waals surface area contributed by atoms with E-state index in [0.717, 1.165) is 22.1 Å². The minimum absolute atomic E-state index is 0.123. The van der Waals surface area contributed by atoms with Crippen LogP contribution in [-0.2, 0) is 40.4 Å². The molecule has 0 aliphatic carbocycles. The summed E-state index contributed by atoms with van der Waals surface area (Å²) in [6, 6.07) is 11.6. The van der Waals surface area contributed by atoms with Crippen molar-refractivity contribution in [3.8, 4) is 5.75 Å². The summed E-state index contributed by atoms with van der Waals surface area (Å²) in [7, 11) is -22.3. The number of methoxy groups -OCH3 is 1. The minimum atomic E-state index is -8.02. The fourth-order valence-corrected chi connectivity index (χ4v) is 9.16. The Labute approximate surface area is 224 Å². The summed E-state index contributed by atoms with van der Waals surface area (Å²) in [5, 5.41) is 1.98. The molecule has 0 heterocycles. The predicted octanol–water partition coefficient (Wildman–Crippen LogP) is 4.15. The quantitative estimate of drug-likeness (QED) is 0.186. The largest absolute Gasteiger partial charge is 0.496 e. The molecule has 0 bridgehead atoms. The van der Waals surface area contributed by atoms with Crippen LogP contribution in [-0.4, -0.2) is 72.9 Å². The molecule has 40 heavy (non-hydrogen) atoms. The molecule has 2 aromatic rings. The minimum Gasteiger partial charge on any atom is -0.496 e. The first-order valence-electron chi connectivity index (χ1n) is 9.69. The van der Waals surface area contributed by atoms with Gasteiger partial charge in [-0.3, -0.25) is 30.0 Å². The lowest BCUT2D eigenvalue weighted by atomic mass is 10.0. The molecule has 21 heteroatoms. The topological polar surface area (TPSA) is 129 Å². The molecule has 2 aromatic carbocycles. The summed E-state index contributed by atoms with van der Waals surface area (Å²) in [6.07, 6.45) is 4.17. The number of ketones is 1. The highest BCUT2D eigenvalue weighted by atomic mass is 32.3. The Balaban J connectivity index is 0.000000406. The van der Waals surface area contributed by atoms with Crippen molar-refractivity contribution < 1.29 is 74.3 Å². The van der Waals surface area contributed by atoms with Crippen LogP contribution >= 0.6 is 0 Å². The number of carbonyl (C=O) groups is 1. The van der Waals surface area contributed by atoms with E-state index in [2.05, 4.69) is 12.5 Å². The SMILES string of the molecule is COc1ccc(C(=O)C[S+](C)C)c2ccccc12.O=S(=O)([C-](S(=O)(=O)C(F)(F)F)S(=O)(=O)C(F)(F)F)C(F)(F)F. The molecule has 0 fully saturated rings. The zero-order valence-corrected chi connectivity index (χ0v) is 23.2. The zero-order valence-electron chi connectivity index (χ0n) is 20.0. The van der Waals surface area contributed by atoms with E-state index in [-0.39, 0.29) is 16.7 Å². The lowest BCUT2D eigenvalue weighted by Crippen LogP contribution is -2.47. The fraction of sp³-hybridized carbons (Fsp3) is 0.368. The molecule has 0 aliphatic rings. The molecule has 0 spiro atoms. The van der Waals surface area contributed by atoms with Gasteiger partial charge in [-0.25, -0.2) is 0 Å². The van der Waals surface area contributed by atoms with Gasteiger partial charge in [-0.05, 0) is 28.4 Å². The van der Waals surface area contributed by atoms with Gasteiger partial charge >= 0.3 is 16.5 Å². The van der Waals surface area contributed by atoms with Gasteiger partial charge < -0.3 is 4.74 Å². The van der Waals surface area contributed by atoms with Gasteiger partial charge in [0.1, 0.15) is 5.75 Å². The van der Waals surface area contributed by atoms with E-state index in [1.54, 1.807) is 7.11 Å². The second-order valence-electron chi connectivity index (χ2n) is 7.51. The number of sulfone groups is 3. The van der Waals surface area contributed by atoms with Crippen molar-refractivity contribution in [2.45, 2.75) is 16.5 Å². The van der Waals surface area contributed by atoms with Crippen molar-refractivity contribution >= 4 is 57.0 Å². The molecule has 0 saturated heterocycles. The predicted molar refractivity (Wildman–Crippen MR) is 127 cm³/mol. The van der Waals surface area contributed by atoms with Gasteiger partial charge in [0, 0.05) is 10.9 Å². The molecule has 0 radical (unpaired) electrons. The smallest absolute Gasteiger partial charge is 0.470 e. The van der Waals surface area contributed by atoms with Gasteiger partial charge in [-0.15, -0.1) is 0 Å². The second kappa shape index (κ2) is 11.9. The number of carbonyl (C=O) groups excluding carboxylic acids is 1. The molecule has 0 N–H and O–H groups in total. The lowest BCUT2D eigenvalue weighted by Gasteiger charge is -2.31. The first-order valence-corrected chi connectivity index (χ1v) is 16.3. The van der Waals surface area contributed by atoms with Crippen molar-refractivity contribution in [1.82, 2.24) is 0 Å². The number of hydrogen-bond donors (Lipinski definition) is 0. The normalized spacial score (nSPS) is 13.8. The number of hydrogen-bond acceptors (Lipinski definition) is 8. The van der Waals surface area contributed by atoms with E-state index >= 15 is 0 Å². The van der Waals surface area contributed by atoms with Crippen molar-refractivity contribution in [2.24, 2.45) is 0 Å². The van der Waals surface area contributed by atoms with Crippen LogP contribution in [0.1, 0.15) is 10.4 Å². The summed E-state index contributed by atoms with van der Waals surface area (Å²) in [5.74, 6) is 1.63. The van der Waals surface area contributed by atoms with Gasteiger partial charge in [0.05, 0.1) is 23.5 Å². The first kappa shape index (κ1) is 35.8. The second-order valence-corrected chi connectivity index (χ2v) is 16.2. The highest BCUT2D eigenvalue weighted by Crippen LogP contribution is 2.47. The van der Waals surface area contributed by atoms with Crippen LogP contribution in [0.4, 0.5) is 39.5 Å². The number of rotatable bonds is 7. The average Bonchev–Trinajstić information content (AvgIpc) is 2.75. The summed E-state index contributed by atoms with van der Waals surface area (Å²) < 4.78 is 173.